The second-order valence-electron chi connectivity index (χ2n) is 4.44. The van der Waals surface area contributed by atoms with Crippen molar-refractivity contribution in [2.75, 3.05) is 18.9 Å². The second kappa shape index (κ2) is 8.78. The first-order chi connectivity index (χ1) is 10.0. The zero-order valence-electron chi connectivity index (χ0n) is 12.0. The maximum absolute atomic E-state index is 11.1. The Morgan fingerprint density at radius 1 is 1.33 bits per heavy atom. The van der Waals surface area contributed by atoms with Gasteiger partial charge < -0.3 is 15.2 Å². The van der Waals surface area contributed by atoms with Crippen LogP contribution in [0.4, 0.5) is 11.4 Å². The number of esters is 1. The Kier molecular flexibility index (Phi) is 7.00. The summed E-state index contributed by atoms with van der Waals surface area (Å²) in [5, 5.41) is 10.7. The maximum Gasteiger partial charge on any atom is 0.305 e. The van der Waals surface area contributed by atoms with Crippen LogP contribution in [0.25, 0.3) is 0 Å². The number of nitrogens with zero attached hydrogens (tertiary/aromatic N) is 1. The number of nitrogen functional groups attached to an aromatic ring is 1. The predicted octanol–water partition coefficient (Wildman–Crippen LogP) is 2.68. The molecule has 0 atom stereocenters. The first-order valence-corrected chi connectivity index (χ1v) is 6.87. The van der Waals surface area contributed by atoms with E-state index in [0.717, 1.165) is 19.3 Å². The van der Waals surface area contributed by atoms with Crippen molar-refractivity contribution in [1.29, 1.82) is 0 Å². The Balaban J connectivity index is 2.28. The minimum atomic E-state index is -0.494. The molecule has 0 bridgehead atoms. The number of nitrogens with two attached hydrogens (primary N) is 1. The third kappa shape index (κ3) is 6.11. The fourth-order valence-electron chi connectivity index (χ4n) is 1.73. The van der Waals surface area contributed by atoms with Gasteiger partial charge in [-0.05, 0) is 32.3 Å². The lowest BCUT2D eigenvalue weighted by Crippen LogP contribution is -2.04. The van der Waals surface area contributed by atoms with Crippen LogP contribution in [-0.4, -0.2) is 24.1 Å². The zero-order valence-corrected chi connectivity index (χ0v) is 12.0. The number of nitro benzene ring substituents is 1. The minimum absolute atomic E-state index is 0.0542. The molecular weight excluding hydrogens is 276 g/mol. The van der Waals surface area contributed by atoms with Gasteiger partial charge in [-0.3, -0.25) is 14.9 Å². The van der Waals surface area contributed by atoms with Crippen molar-refractivity contribution in [3.63, 3.8) is 0 Å². The quantitative estimate of drug-likeness (QED) is 0.247. The molecule has 1 aromatic rings. The highest BCUT2D eigenvalue weighted by Gasteiger charge is 2.10. The number of ether oxygens (including phenoxy) is 2. The first kappa shape index (κ1) is 16.7. The zero-order chi connectivity index (χ0) is 15.7. The Morgan fingerprint density at radius 2 is 2.10 bits per heavy atom. The van der Waals surface area contributed by atoms with Gasteiger partial charge in [0.05, 0.1) is 29.9 Å². The van der Waals surface area contributed by atoms with Crippen molar-refractivity contribution in [2.45, 2.75) is 32.6 Å². The highest BCUT2D eigenvalue weighted by atomic mass is 16.6. The van der Waals surface area contributed by atoms with E-state index in [4.69, 9.17) is 15.2 Å². The summed E-state index contributed by atoms with van der Waals surface area (Å²) in [5.41, 5.74) is 6.01. The van der Waals surface area contributed by atoms with Crippen LogP contribution in [0.1, 0.15) is 32.6 Å². The van der Waals surface area contributed by atoms with E-state index < -0.39 is 4.92 Å². The standard InChI is InChI=1S/C14H20N2O5/c1-2-20-14(17)6-4-3-5-9-21-13-10-11(16(18)19)7-8-12(13)15/h7-8,10H,2-6,9,15H2,1H3. The summed E-state index contributed by atoms with van der Waals surface area (Å²) in [4.78, 5) is 21.3. The molecule has 0 aliphatic rings. The Labute approximate surface area is 123 Å². The molecule has 2 N–H and O–H groups in total. The van der Waals surface area contributed by atoms with Crippen LogP contribution in [0.15, 0.2) is 18.2 Å². The van der Waals surface area contributed by atoms with Crippen LogP contribution in [0.5, 0.6) is 5.75 Å². The summed E-state index contributed by atoms with van der Waals surface area (Å²) in [7, 11) is 0. The molecule has 1 aromatic carbocycles. The van der Waals surface area contributed by atoms with Crippen LogP contribution in [0, 0.1) is 10.1 Å². The molecule has 0 aliphatic carbocycles. The van der Waals surface area contributed by atoms with Crippen LogP contribution in [0.2, 0.25) is 0 Å². The molecule has 0 aliphatic heterocycles. The fraction of sp³-hybridized carbons (Fsp3) is 0.500. The van der Waals surface area contributed by atoms with Crippen LogP contribution < -0.4 is 10.5 Å². The van der Waals surface area contributed by atoms with Gasteiger partial charge in [-0.1, -0.05) is 0 Å². The van der Waals surface area contributed by atoms with Gasteiger partial charge in [0.25, 0.3) is 5.69 Å². The normalized spacial score (nSPS) is 10.1. The molecule has 0 amide bonds. The lowest BCUT2D eigenvalue weighted by molar-refractivity contribution is -0.384. The van der Waals surface area contributed by atoms with Crippen molar-refractivity contribution in [1.82, 2.24) is 0 Å². The molecule has 0 aromatic heterocycles. The number of anilines is 1. The van der Waals surface area contributed by atoms with Crippen LogP contribution in [-0.2, 0) is 9.53 Å². The number of hydrogen-bond donors (Lipinski definition) is 1. The molecule has 0 spiro atoms. The van der Waals surface area contributed by atoms with Gasteiger partial charge >= 0.3 is 5.97 Å². The summed E-state index contributed by atoms with van der Waals surface area (Å²) in [5.74, 6) is 0.121. The molecule has 0 fully saturated rings. The SMILES string of the molecule is CCOC(=O)CCCCCOc1cc([N+](=O)[O-])ccc1N. The number of unbranched alkanes of at least 4 members (excludes halogenated alkanes) is 2. The first-order valence-electron chi connectivity index (χ1n) is 6.87. The largest absolute Gasteiger partial charge is 0.491 e. The minimum Gasteiger partial charge on any atom is -0.491 e. The number of benzene rings is 1. The fourth-order valence-corrected chi connectivity index (χ4v) is 1.73. The predicted molar refractivity (Wildman–Crippen MR) is 78.1 cm³/mol. The summed E-state index contributed by atoms with van der Waals surface area (Å²) in [6.07, 6.45) is 2.68. The topological polar surface area (TPSA) is 105 Å². The molecule has 7 nitrogen and oxygen atoms in total. The molecular formula is C14H20N2O5. The van der Waals surface area contributed by atoms with E-state index in [1.165, 1.54) is 18.2 Å². The van der Waals surface area contributed by atoms with Crippen molar-refractivity contribution >= 4 is 17.3 Å². The van der Waals surface area contributed by atoms with Gasteiger partial charge in [0.15, 0.2) is 0 Å². The highest BCUT2D eigenvalue weighted by Crippen LogP contribution is 2.26. The van der Waals surface area contributed by atoms with Gasteiger partial charge in [-0.15, -0.1) is 0 Å². The number of hydrogen-bond acceptors (Lipinski definition) is 6. The van der Waals surface area contributed by atoms with Crippen molar-refractivity contribution in [2.24, 2.45) is 0 Å². The third-order valence-corrected chi connectivity index (χ3v) is 2.80. The molecule has 0 saturated carbocycles. The lowest BCUT2D eigenvalue weighted by atomic mass is 10.2. The third-order valence-electron chi connectivity index (χ3n) is 2.80. The van der Waals surface area contributed by atoms with Crippen LogP contribution >= 0.6 is 0 Å². The van der Waals surface area contributed by atoms with E-state index >= 15 is 0 Å². The molecule has 0 heterocycles. The van der Waals surface area contributed by atoms with Crippen molar-refractivity contribution < 1.29 is 19.2 Å². The van der Waals surface area contributed by atoms with E-state index in [1.54, 1.807) is 6.92 Å². The Hall–Kier alpha value is -2.31. The highest BCUT2D eigenvalue weighted by molar-refractivity contribution is 5.69. The van der Waals surface area contributed by atoms with Gasteiger partial charge in [-0.2, -0.15) is 0 Å². The van der Waals surface area contributed by atoms with E-state index in [-0.39, 0.29) is 11.7 Å². The Morgan fingerprint density at radius 3 is 2.76 bits per heavy atom. The molecule has 116 valence electrons. The van der Waals surface area contributed by atoms with E-state index in [1.807, 2.05) is 0 Å². The number of rotatable bonds is 9. The smallest absolute Gasteiger partial charge is 0.305 e. The second-order valence-corrected chi connectivity index (χ2v) is 4.44. The van der Waals surface area contributed by atoms with Crippen molar-refractivity contribution in [3.8, 4) is 5.75 Å². The molecule has 7 heteroatoms. The van der Waals surface area contributed by atoms with E-state index in [0.29, 0.717) is 31.1 Å². The molecule has 21 heavy (non-hydrogen) atoms. The lowest BCUT2D eigenvalue weighted by Gasteiger charge is -2.08. The van der Waals surface area contributed by atoms with Crippen LogP contribution in [0.3, 0.4) is 0 Å². The van der Waals surface area contributed by atoms with E-state index in [2.05, 4.69) is 0 Å². The summed E-state index contributed by atoms with van der Waals surface area (Å²) >= 11 is 0. The molecule has 0 unspecified atom stereocenters. The van der Waals surface area contributed by atoms with Gasteiger partial charge in [0.2, 0.25) is 0 Å². The Bertz CT molecular complexity index is 490. The number of non-ortho nitro benzene ring substituents is 1. The molecule has 0 radical (unpaired) electrons. The number of carbonyl (C=O) groups excluding carboxylic acids is 1. The molecule has 0 saturated heterocycles. The summed E-state index contributed by atoms with van der Waals surface area (Å²) in [6, 6.07) is 4.10. The number of nitro groups is 1. The van der Waals surface area contributed by atoms with E-state index in [9.17, 15) is 14.9 Å². The summed E-state index contributed by atoms with van der Waals surface area (Å²) < 4.78 is 10.3. The number of carbonyl (C=O) groups is 1. The van der Waals surface area contributed by atoms with Crippen molar-refractivity contribution in [3.05, 3.63) is 28.3 Å². The molecule has 1 rings (SSSR count). The van der Waals surface area contributed by atoms with Gasteiger partial charge in [0.1, 0.15) is 5.75 Å². The average molecular weight is 296 g/mol. The van der Waals surface area contributed by atoms with Gasteiger partial charge in [0, 0.05) is 12.5 Å². The van der Waals surface area contributed by atoms with Gasteiger partial charge in [-0.25, -0.2) is 0 Å². The summed E-state index contributed by atoms with van der Waals surface area (Å²) in [6.45, 7) is 2.57. The monoisotopic (exact) mass is 296 g/mol. The maximum atomic E-state index is 11.1. The average Bonchev–Trinajstić information content (AvgIpc) is 2.44.